The molecule has 4 rings (SSSR count). The summed E-state index contributed by atoms with van der Waals surface area (Å²) in [7, 11) is -3.76. The van der Waals surface area contributed by atoms with Crippen molar-refractivity contribution in [3.05, 3.63) is 71.3 Å². The molecule has 0 aliphatic rings. The van der Waals surface area contributed by atoms with E-state index in [9.17, 15) is 8.42 Å². The molecular weight excluding hydrogens is 378 g/mol. The van der Waals surface area contributed by atoms with Crippen LogP contribution in [0, 0.1) is 0 Å². The van der Waals surface area contributed by atoms with Gasteiger partial charge in [0, 0.05) is 29.0 Å². The molecule has 25 heavy (non-hydrogen) atoms. The van der Waals surface area contributed by atoms with Gasteiger partial charge in [0.1, 0.15) is 4.90 Å². The Balaban J connectivity index is 1.68. The smallest absolute Gasteiger partial charge is 0.263 e. The van der Waals surface area contributed by atoms with Crippen molar-refractivity contribution in [1.82, 2.24) is 9.38 Å². The van der Waals surface area contributed by atoms with E-state index in [1.807, 2.05) is 28.2 Å². The van der Waals surface area contributed by atoms with Crippen LogP contribution in [0.5, 0.6) is 0 Å². The van der Waals surface area contributed by atoms with Gasteiger partial charge >= 0.3 is 0 Å². The summed E-state index contributed by atoms with van der Waals surface area (Å²) in [6.07, 6.45) is 3.84. The second-order valence-corrected chi connectivity index (χ2v) is 8.27. The van der Waals surface area contributed by atoms with Gasteiger partial charge in [-0.25, -0.2) is 13.4 Å². The number of benzene rings is 2. The number of nitrogens with zero attached hydrogens (tertiary/aromatic N) is 2. The summed E-state index contributed by atoms with van der Waals surface area (Å²) < 4.78 is 29.6. The van der Waals surface area contributed by atoms with Crippen molar-refractivity contribution >= 4 is 43.6 Å². The number of thiazole rings is 1. The summed E-state index contributed by atoms with van der Waals surface area (Å²) in [4.78, 5) is 5.47. The molecule has 0 amide bonds. The molecule has 0 fully saturated rings. The molecule has 0 radical (unpaired) electrons. The lowest BCUT2D eigenvalue weighted by Gasteiger charge is -2.10. The van der Waals surface area contributed by atoms with Crippen LogP contribution in [0.4, 0.5) is 5.69 Å². The van der Waals surface area contributed by atoms with Crippen LogP contribution in [0.2, 0.25) is 5.02 Å². The molecule has 0 spiro atoms. The zero-order valence-corrected chi connectivity index (χ0v) is 15.1. The summed E-state index contributed by atoms with van der Waals surface area (Å²) in [5, 5.41) is 2.14. The van der Waals surface area contributed by atoms with E-state index in [0.717, 1.165) is 16.2 Å². The number of hydrogen-bond donors (Lipinski definition) is 1. The first kappa shape index (κ1) is 16.1. The number of hydrogen-bond acceptors (Lipinski definition) is 4. The van der Waals surface area contributed by atoms with E-state index in [2.05, 4.69) is 9.71 Å². The van der Waals surface area contributed by atoms with E-state index in [4.69, 9.17) is 11.6 Å². The van der Waals surface area contributed by atoms with Gasteiger partial charge in [0.05, 0.1) is 10.7 Å². The van der Waals surface area contributed by atoms with E-state index in [1.54, 1.807) is 47.7 Å². The number of nitrogens with one attached hydrogen (secondary N) is 1. The minimum Gasteiger partial charge on any atom is -0.297 e. The number of aromatic nitrogens is 2. The molecule has 2 aromatic heterocycles. The van der Waals surface area contributed by atoms with E-state index in [-0.39, 0.29) is 9.92 Å². The Morgan fingerprint density at radius 1 is 1.12 bits per heavy atom. The largest absolute Gasteiger partial charge is 0.297 e. The number of imidazole rings is 1. The van der Waals surface area contributed by atoms with Crippen LogP contribution in [0.3, 0.4) is 0 Å². The molecule has 0 saturated heterocycles. The Bertz CT molecular complexity index is 1140. The monoisotopic (exact) mass is 389 g/mol. The van der Waals surface area contributed by atoms with Crippen molar-refractivity contribution < 1.29 is 8.42 Å². The van der Waals surface area contributed by atoms with E-state index in [0.29, 0.717) is 5.69 Å². The first-order chi connectivity index (χ1) is 12.0. The van der Waals surface area contributed by atoms with Crippen molar-refractivity contribution in [2.24, 2.45) is 0 Å². The highest BCUT2D eigenvalue weighted by Crippen LogP contribution is 2.27. The molecule has 0 saturated carbocycles. The standard InChI is InChI=1S/C17H12ClN3O2S2/c18-14-6-1-2-7-16(14)25(22,23)20-13-5-3-4-12(10-13)15-11-21-8-9-24-17(21)19-15/h1-11,20H. The highest BCUT2D eigenvalue weighted by atomic mass is 35.5. The van der Waals surface area contributed by atoms with Crippen molar-refractivity contribution in [3.63, 3.8) is 0 Å². The van der Waals surface area contributed by atoms with Crippen molar-refractivity contribution in [1.29, 1.82) is 0 Å². The molecule has 1 N–H and O–H groups in total. The Hall–Kier alpha value is -2.35. The predicted octanol–water partition coefficient (Wildman–Crippen LogP) is 4.52. The summed E-state index contributed by atoms with van der Waals surface area (Å²) in [5.41, 5.74) is 2.06. The zero-order valence-electron chi connectivity index (χ0n) is 12.8. The normalized spacial score (nSPS) is 11.7. The molecule has 2 aromatic carbocycles. The lowest BCUT2D eigenvalue weighted by Crippen LogP contribution is -2.13. The minimum atomic E-state index is -3.76. The Labute approximate surface area is 153 Å². The molecule has 0 bridgehead atoms. The molecule has 0 atom stereocenters. The van der Waals surface area contributed by atoms with Crippen molar-refractivity contribution in [3.8, 4) is 11.3 Å². The molecule has 2 heterocycles. The van der Waals surface area contributed by atoms with Crippen molar-refractivity contribution in [2.45, 2.75) is 4.90 Å². The van der Waals surface area contributed by atoms with Crippen LogP contribution in [0.25, 0.3) is 16.2 Å². The summed E-state index contributed by atoms with van der Waals surface area (Å²) in [6.45, 7) is 0. The van der Waals surface area contributed by atoms with Gasteiger partial charge in [0.25, 0.3) is 10.0 Å². The van der Waals surface area contributed by atoms with Gasteiger partial charge in [-0.1, -0.05) is 35.9 Å². The molecule has 0 aliphatic carbocycles. The molecule has 5 nitrogen and oxygen atoms in total. The van der Waals surface area contributed by atoms with Gasteiger partial charge in [0.15, 0.2) is 4.96 Å². The van der Waals surface area contributed by atoms with Crippen molar-refractivity contribution in [2.75, 3.05) is 4.72 Å². The van der Waals surface area contributed by atoms with Crippen LogP contribution in [0.15, 0.2) is 71.2 Å². The molecule has 8 heteroatoms. The first-order valence-corrected chi connectivity index (χ1v) is 10.1. The first-order valence-electron chi connectivity index (χ1n) is 7.33. The minimum absolute atomic E-state index is 0.0459. The van der Waals surface area contributed by atoms with E-state index < -0.39 is 10.0 Å². The second-order valence-electron chi connectivity index (χ2n) is 5.34. The maximum absolute atomic E-state index is 12.6. The van der Waals surface area contributed by atoms with Gasteiger partial charge in [-0.2, -0.15) is 0 Å². The maximum Gasteiger partial charge on any atom is 0.263 e. The predicted molar refractivity (Wildman–Crippen MR) is 101 cm³/mol. The number of rotatable bonds is 4. The SMILES string of the molecule is O=S(=O)(Nc1cccc(-c2cn3ccsc3n2)c1)c1ccccc1Cl. The number of fused-ring (bicyclic) bond motifs is 1. The fourth-order valence-electron chi connectivity index (χ4n) is 2.48. The summed E-state index contributed by atoms with van der Waals surface area (Å²) >= 11 is 7.55. The summed E-state index contributed by atoms with van der Waals surface area (Å²) in [6, 6.07) is 13.5. The lowest BCUT2D eigenvalue weighted by atomic mass is 10.1. The molecule has 0 aliphatic heterocycles. The highest BCUT2D eigenvalue weighted by Gasteiger charge is 2.17. The topological polar surface area (TPSA) is 63.5 Å². The molecule has 4 aromatic rings. The Morgan fingerprint density at radius 3 is 2.76 bits per heavy atom. The van der Waals surface area contributed by atoms with E-state index in [1.165, 1.54) is 6.07 Å². The van der Waals surface area contributed by atoms with Gasteiger partial charge in [-0.15, -0.1) is 11.3 Å². The van der Waals surface area contributed by atoms with Crippen LogP contribution < -0.4 is 4.72 Å². The quantitative estimate of drug-likeness (QED) is 0.558. The van der Waals surface area contributed by atoms with Crippen LogP contribution in [-0.4, -0.2) is 17.8 Å². The lowest BCUT2D eigenvalue weighted by molar-refractivity contribution is 0.601. The van der Waals surface area contributed by atoms with Crippen LogP contribution >= 0.6 is 22.9 Å². The fourth-order valence-corrected chi connectivity index (χ4v) is 4.75. The molecule has 126 valence electrons. The average Bonchev–Trinajstić information content (AvgIpc) is 3.16. The van der Waals surface area contributed by atoms with Crippen LogP contribution in [0.1, 0.15) is 0 Å². The van der Waals surface area contributed by atoms with Gasteiger partial charge in [-0.3, -0.25) is 9.12 Å². The number of halogens is 1. The average molecular weight is 390 g/mol. The third-order valence-electron chi connectivity index (χ3n) is 3.63. The van der Waals surface area contributed by atoms with Gasteiger partial charge in [0.2, 0.25) is 0 Å². The fraction of sp³-hybridized carbons (Fsp3) is 0. The second kappa shape index (κ2) is 6.18. The zero-order chi connectivity index (χ0) is 17.4. The van der Waals surface area contributed by atoms with Gasteiger partial charge in [-0.05, 0) is 24.3 Å². The third-order valence-corrected chi connectivity index (χ3v) is 6.28. The summed E-state index contributed by atoms with van der Waals surface area (Å²) in [5.74, 6) is 0. The van der Waals surface area contributed by atoms with Crippen LogP contribution in [-0.2, 0) is 10.0 Å². The number of sulfonamides is 1. The number of anilines is 1. The highest BCUT2D eigenvalue weighted by molar-refractivity contribution is 7.92. The van der Waals surface area contributed by atoms with E-state index >= 15 is 0 Å². The Kier molecular flexibility index (Phi) is 3.99. The molecule has 0 unspecified atom stereocenters. The molecular formula is C17H12ClN3O2S2. The third kappa shape index (κ3) is 3.13. The van der Waals surface area contributed by atoms with Gasteiger partial charge < -0.3 is 0 Å². The maximum atomic E-state index is 12.6. The Morgan fingerprint density at radius 2 is 1.96 bits per heavy atom.